The normalized spacial score (nSPS) is 37.9. The van der Waals surface area contributed by atoms with E-state index in [9.17, 15) is 14.4 Å². The van der Waals surface area contributed by atoms with E-state index in [0.717, 1.165) is 31.8 Å². The Balaban J connectivity index is 2.56. The Labute approximate surface area is 125 Å². The minimum Gasteiger partial charge on any atom is -0.458 e. The summed E-state index contributed by atoms with van der Waals surface area (Å²) in [6.07, 6.45) is 5.79. The third kappa shape index (κ3) is 2.56. The molecule has 4 nitrogen and oxygen atoms in total. The maximum absolute atomic E-state index is 11.6. The first-order valence-corrected chi connectivity index (χ1v) is 7.55. The predicted octanol–water partition coefficient (Wildman–Crippen LogP) is 2.70. The first-order chi connectivity index (χ1) is 9.76. The van der Waals surface area contributed by atoms with E-state index in [0.29, 0.717) is 5.57 Å². The van der Waals surface area contributed by atoms with Crippen molar-refractivity contribution in [3.63, 3.8) is 0 Å². The molecule has 0 radical (unpaired) electrons. The number of hydrogen-bond donors (Lipinski definition) is 0. The zero-order chi connectivity index (χ0) is 15.8. The van der Waals surface area contributed by atoms with Crippen LogP contribution in [0.2, 0.25) is 0 Å². The summed E-state index contributed by atoms with van der Waals surface area (Å²) in [5, 5.41) is 0. The van der Waals surface area contributed by atoms with Crippen molar-refractivity contribution in [3.05, 3.63) is 11.6 Å². The molecule has 4 atom stereocenters. The predicted molar refractivity (Wildman–Crippen MR) is 78.5 cm³/mol. The number of fused-ring (bicyclic) bond motifs is 1. The molecule has 0 heterocycles. The molecule has 21 heavy (non-hydrogen) atoms. The van der Waals surface area contributed by atoms with Gasteiger partial charge in [0.25, 0.3) is 0 Å². The Bertz CT molecular complexity index is 491. The fourth-order valence-corrected chi connectivity index (χ4v) is 4.71. The molecule has 0 aromatic heterocycles. The molecule has 1 saturated carbocycles. The van der Waals surface area contributed by atoms with E-state index in [-0.39, 0.29) is 22.7 Å². The lowest BCUT2D eigenvalue weighted by molar-refractivity contribution is -0.161. The molecule has 4 unspecified atom stereocenters. The fraction of sp³-hybridized carbons (Fsp3) is 0.706. The third-order valence-electron chi connectivity index (χ3n) is 5.42. The minimum atomic E-state index is -0.431. The summed E-state index contributed by atoms with van der Waals surface area (Å²) in [5.41, 5.74) is 0.0705. The maximum Gasteiger partial charge on any atom is 0.303 e. The van der Waals surface area contributed by atoms with Gasteiger partial charge in [0.1, 0.15) is 18.7 Å². The highest BCUT2D eigenvalue weighted by Gasteiger charge is 2.57. The largest absolute Gasteiger partial charge is 0.458 e. The summed E-state index contributed by atoms with van der Waals surface area (Å²) >= 11 is 0. The average molecular weight is 292 g/mol. The number of carbonyl (C=O) groups excluding carboxylic acids is 3. The van der Waals surface area contributed by atoms with Crippen LogP contribution in [0, 0.1) is 22.7 Å². The number of esters is 1. The Morgan fingerprint density at radius 1 is 1.29 bits per heavy atom. The van der Waals surface area contributed by atoms with Gasteiger partial charge in [-0.05, 0) is 29.7 Å². The Hall–Kier alpha value is -1.45. The van der Waals surface area contributed by atoms with Gasteiger partial charge in [-0.2, -0.15) is 0 Å². The molecule has 4 heteroatoms. The summed E-state index contributed by atoms with van der Waals surface area (Å²) in [5.74, 6) is -0.720. The van der Waals surface area contributed by atoms with Crippen LogP contribution in [0.25, 0.3) is 0 Å². The number of allylic oxidation sites excluding steroid dienone is 1. The van der Waals surface area contributed by atoms with E-state index in [4.69, 9.17) is 4.74 Å². The molecule has 2 aliphatic carbocycles. The molecule has 1 fully saturated rings. The molecule has 2 rings (SSSR count). The first-order valence-electron chi connectivity index (χ1n) is 7.55. The van der Waals surface area contributed by atoms with E-state index in [1.54, 1.807) is 6.08 Å². The number of carbonyl (C=O) groups is 3. The number of rotatable bonds is 3. The molecule has 0 spiro atoms. The number of aldehydes is 2. The van der Waals surface area contributed by atoms with E-state index in [1.807, 2.05) is 0 Å². The van der Waals surface area contributed by atoms with E-state index < -0.39 is 12.0 Å². The SMILES string of the molecule is CC(=O)OC1C=C(C=O)C(C=O)C2(C)CCCC(C)(C)C12. The topological polar surface area (TPSA) is 60.4 Å². The highest BCUT2D eigenvalue weighted by atomic mass is 16.5. The summed E-state index contributed by atoms with van der Waals surface area (Å²) in [6.45, 7) is 7.76. The minimum absolute atomic E-state index is 0.0424. The smallest absolute Gasteiger partial charge is 0.303 e. The second kappa shape index (κ2) is 5.39. The van der Waals surface area contributed by atoms with Gasteiger partial charge in [0, 0.05) is 24.3 Å². The molecular formula is C17H24O4. The van der Waals surface area contributed by atoms with Crippen molar-refractivity contribution in [2.24, 2.45) is 22.7 Å². The maximum atomic E-state index is 11.6. The van der Waals surface area contributed by atoms with Gasteiger partial charge in [-0.25, -0.2) is 0 Å². The standard InChI is InChI=1S/C17H24O4/c1-11(20)21-14-8-12(9-18)13(10-19)17(4)7-5-6-16(2,3)15(14)17/h8-10,13-15H,5-7H2,1-4H3. The number of hydrogen-bond acceptors (Lipinski definition) is 4. The van der Waals surface area contributed by atoms with E-state index in [2.05, 4.69) is 20.8 Å². The molecule has 0 aromatic carbocycles. The molecule has 0 bridgehead atoms. The van der Waals surface area contributed by atoms with Crippen LogP contribution in [-0.2, 0) is 19.1 Å². The van der Waals surface area contributed by atoms with Gasteiger partial charge < -0.3 is 9.53 Å². The Morgan fingerprint density at radius 2 is 1.95 bits per heavy atom. The highest BCUT2D eigenvalue weighted by molar-refractivity contribution is 5.82. The number of ether oxygens (including phenoxy) is 1. The van der Waals surface area contributed by atoms with Crippen LogP contribution in [0.15, 0.2) is 11.6 Å². The van der Waals surface area contributed by atoms with Crippen LogP contribution >= 0.6 is 0 Å². The lowest BCUT2D eigenvalue weighted by atomic mass is 9.48. The Morgan fingerprint density at radius 3 is 2.48 bits per heavy atom. The quantitative estimate of drug-likeness (QED) is 0.593. The van der Waals surface area contributed by atoms with E-state index >= 15 is 0 Å². The fourth-order valence-electron chi connectivity index (χ4n) is 4.71. The van der Waals surface area contributed by atoms with Gasteiger partial charge in [-0.15, -0.1) is 0 Å². The van der Waals surface area contributed by atoms with Crippen molar-refractivity contribution in [1.82, 2.24) is 0 Å². The summed E-state index contributed by atoms with van der Waals surface area (Å²) in [4.78, 5) is 34.4. The van der Waals surface area contributed by atoms with Crippen LogP contribution in [0.5, 0.6) is 0 Å². The van der Waals surface area contributed by atoms with Crippen molar-refractivity contribution in [2.45, 2.75) is 53.1 Å². The first kappa shape index (κ1) is 15.9. The molecule has 0 aromatic rings. The zero-order valence-corrected chi connectivity index (χ0v) is 13.2. The lowest BCUT2D eigenvalue weighted by Gasteiger charge is -2.57. The average Bonchev–Trinajstić information content (AvgIpc) is 2.35. The second-order valence-electron chi connectivity index (χ2n) is 7.30. The molecule has 0 N–H and O–H groups in total. The lowest BCUT2D eigenvalue weighted by Crippen LogP contribution is -2.55. The highest BCUT2D eigenvalue weighted by Crippen LogP contribution is 2.59. The zero-order valence-electron chi connectivity index (χ0n) is 13.2. The van der Waals surface area contributed by atoms with Crippen LogP contribution < -0.4 is 0 Å². The molecule has 116 valence electrons. The molecule has 0 saturated heterocycles. The van der Waals surface area contributed by atoms with Crippen LogP contribution in [-0.4, -0.2) is 24.6 Å². The van der Waals surface area contributed by atoms with Crippen molar-refractivity contribution in [3.8, 4) is 0 Å². The summed E-state index contributed by atoms with van der Waals surface area (Å²) in [6, 6.07) is 0. The van der Waals surface area contributed by atoms with Gasteiger partial charge in [0.2, 0.25) is 0 Å². The van der Waals surface area contributed by atoms with Crippen molar-refractivity contribution >= 4 is 18.5 Å². The second-order valence-corrected chi connectivity index (χ2v) is 7.30. The third-order valence-corrected chi connectivity index (χ3v) is 5.42. The van der Waals surface area contributed by atoms with Crippen LogP contribution in [0.3, 0.4) is 0 Å². The molecule has 0 amide bonds. The van der Waals surface area contributed by atoms with E-state index in [1.165, 1.54) is 6.92 Å². The molecule has 0 aliphatic heterocycles. The van der Waals surface area contributed by atoms with Gasteiger partial charge in [-0.1, -0.05) is 27.2 Å². The van der Waals surface area contributed by atoms with Crippen molar-refractivity contribution in [1.29, 1.82) is 0 Å². The summed E-state index contributed by atoms with van der Waals surface area (Å²) < 4.78 is 5.50. The van der Waals surface area contributed by atoms with Crippen molar-refractivity contribution < 1.29 is 19.1 Å². The molecular weight excluding hydrogens is 268 g/mol. The van der Waals surface area contributed by atoms with Gasteiger partial charge in [-0.3, -0.25) is 9.59 Å². The van der Waals surface area contributed by atoms with Gasteiger partial charge in [0.15, 0.2) is 0 Å². The summed E-state index contributed by atoms with van der Waals surface area (Å²) in [7, 11) is 0. The monoisotopic (exact) mass is 292 g/mol. The van der Waals surface area contributed by atoms with Crippen LogP contribution in [0.4, 0.5) is 0 Å². The van der Waals surface area contributed by atoms with Gasteiger partial charge >= 0.3 is 5.97 Å². The van der Waals surface area contributed by atoms with Gasteiger partial charge in [0.05, 0.1) is 0 Å². The Kier molecular flexibility index (Phi) is 4.09. The van der Waals surface area contributed by atoms with Crippen LogP contribution in [0.1, 0.15) is 47.0 Å². The molecule has 2 aliphatic rings. The van der Waals surface area contributed by atoms with Crippen molar-refractivity contribution in [2.75, 3.05) is 0 Å².